The van der Waals surface area contributed by atoms with Crippen molar-refractivity contribution < 1.29 is 9.53 Å². The summed E-state index contributed by atoms with van der Waals surface area (Å²) in [7, 11) is 1.70. The number of rotatable bonds is 10. The molecular formula is C40H44BrN5O2. The lowest BCUT2D eigenvalue weighted by atomic mass is 9.86. The number of nitrogens with one attached hydrogen (secondary N) is 1. The van der Waals surface area contributed by atoms with Gasteiger partial charge in [-0.15, -0.1) is 0 Å². The quantitative estimate of drug-likeness (QED) is 0.167. The SMILES string of the molecule is CCC1Cc2ccc(OC)cc2C(c2ccc(C3CC3)cc2)N=C(CC(=O)NCCc2ccc3cc(CBr)cnc3c2)/C(C)=N\N=C\1C. The zero-order chi connectivity index (χ0) is 33.6. The Morgan fingerprint density at radius 2 is 1.75 bits per heavy atom. The van der Waals surface area contributed by atoms with Crippen molar-refractivity contribution in [1.29, 1.82) is 0 Å². The molecule has 4 aromatic rings. The first-order valence-corrected chi connectivity index (χ1v) is 18.1. The number of pyridine rings is 1. The first kappa shape index (κ1) is 33.7. The molecule has 1 N–H and O–H groups in total. The first-order chi connectivity index (χ1) is 23.3. The first-order valence-electron chi connectivity index (χ1n) is 17.0. The lowest BCUT2D eigenvalue weighted by molar-refractivity contribution is -0.119. The maximum Gasteiger partial charge on any atom is 0.226 e. The number of ether oxygens (including phenoxy) is 1. The van der Waals surface area contributed by atoms with Gasteiger partial charge in [0.2, 0.25) is 5.91 Å². The van der Waals surface area contributed by atoms with E-state index in [4.69, 9.17) is 9.73 Å². The number of fused-ring (bicyclic) bond motifs is 2. The summed E-state index contributed by atoms with van der Waals surface area (Å²) in [5.74, 6) is 1.58. The number of nitrogens with zero attached hydrogens (tertiary/aromatic N) is 4. The Kier molecular flexibility index (Phi) is 10.8. The molecule has 8 heteroatoms. The standard InChI is InChI=1S/C40H44BrN5O2/c1-5-29-20-33-14-15-35(48-4)21-36(33)40(32-12-10-31(11-13-32)30-8-9-30)44-37(26(3)46-45-25(29)2)22-39(47)42-17-16-27-6-7-34-18-28(23-41)24-43-38(34)19-27/h6-7,10-15,18-19,21,24,29-30,40H,5,8-9,16-17,20,22-23H2,1-4H3,(H,42,47)/b44-37?,45-25+,46-26-. The number of halogens is 1. The fourth-order valence-corrected chi connectivity index (χ4v) is 6.71. The van der Waals surface area contributed by atoms with Crippen LogP contribution >= 0.6 is 15.9 Å². The van der Waals surface area contributed by atoms with E-state index in [9.17, 15) is 4.79 Å². The minimum absolute atomic E-state index is 0.0973. The van der Waals surface area contributed by atoms with Gasteiger partial charge in [-0.05, 0) is 110 Å². The highest BCUT2D eigenvalue weighted by molar-refractivity contribution is 9.08. The molecule has 2 unspecified atom stereocenters. The van der Waals surface area contributed by atoms with Crippen LogP contribution in [0.2, 0.25) is 0 Å². The highest BCUT2D eigenvalue weighted by Gasteiger charge is 2.26. The zero-order valence-corrected chi connectivity index (χ0v) is 29.9. The van der Waals surface area contributed by atoms with E-state index < -0.39 is 0 Å². The molecule has 1 amide bonds. The Labute approximate surface area is 292 Å². The normalized spacial score (nSPS) is 20.4. The summed E-state index contributed by atoms with van der Waals surface area (Å²) in [5.41, 5.74) is 10.2. The van der Waals surface area contributed by atoms with Crippen molar-refractivity contribution in [2.45, 2.75) is 76.6 Å². The number of aliphatic imine (C=N–C) groups is 1. The average molecular weight is 707 g/mol. The molecule has 0 bridgehead atoms. The second-order valence-corrected chi connectivity index (χ2v) is 13.6. The topological polar surface area (TPSA) is 88.3 Å². The van der Waals surface area contributed by atoms with Gasteiger partial charge in [0.1, 0.15) is 11.8 Å². The van der Waals surface area contributed by atoms with Gasteiger partial charge in [0.15, 0.2) is 0 Å². The van der Waals surface area contributed by atoms with Gasteiger partial charge in [-0.1, -0.05) is 65.3 Å². The van der Waals surface area contributed by atoms with Crippen LogP contribution in [0.5, 0.6) is 5.75 Å². The second kappa shape index (κ2) is 15.4. The maximum absolute atomic E-state index is 13.5. The van der Waals surface area contributed by atoms with Crippen LogP contribution < -0.4 is 10.1 Å². The van der Waals surface area contributed by atoms with Crippen molar-refractivity contribution in [2.24, 2.45) is 21.1 Å². The molecule has 0 radical (unpaired) electrons. The predicted molar refractivity (Wildman–Crippen MR) is 200 cm³/mol. The van der Waals surface area contributed by atoms with Crippen LogP contribution in [-0.2, 0) is 23.0 Å². The Morgan fingerprint density at radius 3 is 2.48 bits per heavy atom. The van der Waals surface area contributed by atoms with Crippen molar-refractivity contribution in [3.63, 3.8) is 0 Å². The summed E-state index contributed by atoms with van der Waals surface area (Å²) in [6.45, 7) is 6.66. The van der Waals surface area contributed by atoms with Crippen LogP contribution in [0.3, 0.4) is 0 Å². The number of hydrogen-bond acceptors (Lipinski definition) is 6. The lowest BCUT2D eigenvalue weighted by Gasteiger charge is -2.22. The molecule has 1 saturated carbocycles. The molecule has 7 nitrogen and oxygen atoms in total. The summed E-state index contributed by atoms with van der Waals surface area (Å²) >= 11 is 3.50. The monoisotopic (exact) mass is 705 g/mol. The number of amides is 1. The molecule has 248 valence electrons. The third-order valence-corrected chi connectivity index (χ3v) is 10.2. The smallest absolute Gasteiger partial charge is 0.226 e. The molecule has 1 aliphatic heterocycles. The molecule has 6 rings (SSSR count). The van der Waals surface area contributed by atoms with E-state index >= 15 is 0 Å². The molecule has 0 saturated heterocycles. The van der Waals surface area contributed by atoms with Crippen LogP contribution in [-0.4, -0.2) is 41.7 Å². The van der Waals surface area contributed by atoms with Crippen molar-refractivity contribution >= 4 is 49.9 Å². The Hall–Kier alpha value is -4.17. The predicted octanol–water partition coefficient (Wildman–Crippen LogP) is 8.71. The fourth-order valence-electron chi connectivity index (χ4n) is 6.40. The molecule has 1 aliphatic carbocycles. The van der Waals surface area contributed by atoms with Crippen molar-refractivity contribution in [2.75, 3.05) is 13.7 Å². The molecular weight excluding hydrogens is 662 g/mol. The maximum atomic E-state index is 13.5. The van der Waals surface area contributed by atoms with Crippen molar-refractivity contribution in [1.82, 2.24) is 10.3 Å². The lowest BCUT2D eigenvalue weighted by Crippen LogP contribution is -2.30. The Bertz CT molecular complexity index is 1880. The summed E-state index contributed by atoms with van der Waals surface area (Å²) in [6.07, 6.45) is 6.97. The highest BCUT2D eigenvalue weighted by atomic mass is 79.9. The van der Waals surface area contributed by atoms with Crippen LogP contribution in [0.25, 0.3) is 10.9 Å². The van der Waals surface area contributed by atoms with Crippen LogP contribution in [0, 0.1) is 5.92 Å². The Balaban J connectivity index is 1.30. The zero-order valence-electron chi connectivity index (χ0n) is 28.3. The molecule has 1 aromatic heterocycles. The number of hydrogen-bond donors (Lipinski definition) is 1. The average Bonchev–Trinajstić information content (AvgIpc) is 3.97. The molecule has 48 heavy (non-hydrogen) atoms. The summed E-state index contributed by atoms with van der Waals surface area (Å²) in [4.78, 5) is 23.5. The molecule has 0 spiro atoms. The van der Waals surface area contributed by atoms with Gasteiger partial charge in [0.05, 0.1) is 30.5 Å². The van der Waals surface area contributed by atoms with Crippen LogP contribution in [0.15, 0.2) is 88.1 Å². The van der Waals surface area contributed by atoms with Gasteiger partial charge in [0, 0.05) is 35.1 Å². The number of aromatic nitrogens is 1. The van der Waals surface area contributed by atoms with E-state index in [0.29, 0.717) is 30.3 Å². The number of methoxy groups -OCH3 is 1. The third-order valence-electron chi connectivity index (χ3n) is 9.58. The number of alkyl halides is 1. The van der Waals surface area contributed by atoms with Gasteiger partial charge < -0.3 is 10.1 Å². The van der Waals surface area contributed by atoms with Gasteiger partial charge in [-0.25, -0.2) is 0 Å². The van der Waals surface area contributed by atoms with E-state index in [1.54, 1.807) is 7.11 Å². The van der Waals surface area contributed by atoms with E-state index in [1.807, 2.05) is 26.1 Å². The molecule has 2 heterocycles. The van der Waals surface area contributed by atoms with Crippen molar-refractivity contribution in [3.05, 3.63) is 106 Å². The summed E-state index contributed by atoms with van der Waals surface area (Å²) < 4.78 is 5.71. The molecule has 2 atom stereocenters. The van der Waals surface area contributed by atoms with Gasteiger partial charge in [-0.2, -0.15) is 10.2 Å². The van der Waals surface area contributed by atoms with E-state index in [2.05, 4.69) is 104 Å². The summed E-state index contributed by atoms with van der Waals surface area (Å²) in [6, 6.07) is 23.3. The van der Waals surface area contributed by atoms with Crippen molar-refractivity contribution in [3.8, 4) is 5.75 Å². The molecule has 1 fully saturated rings. The van der Waals surface area contributed by atoms with E-state index in [-0.39, 0.29) is 24.3 Å². The Morgan fingerprint density at radius 1 is 0.958 bits per heavy atom. The molecule has 2 aliphatic rings. The second-order valence-electron chi connectivity index (χ2n) is 13.0. The highest BCUT2D eigenvalue weighted by Crippen LogP contribution is 2.41. The number of carbonyl (C=O) groups excluding carboxylic acids is 1. The van der Waals surface area contributed by atoms with Gasteiger partial charge >= 0.3 is 0 Å². The van der Waals surface area contributed by atoms with E-state index in [1.165, 1.54) is 24.0 Å². The third kappa shape index (κ3) is 8.09. The minimum atomic E-state index is -0.331. The number of benzene rings is 3. The van der Waals surface area contributed by atoms with Crippen LogP contribution in [0.1, 0.15) is 91.8 Å². The van der Waals surface area contributed by atoms with E-state index in [0.717, 1.165) is 62.8 Å². The van der Waals surface area contributed by atoms with Gasteiger partial charge in [-0.3, -0.25) is 14.8 Å². The summed E-state index contributed by atoms with van der Waals surface area (Å²) in [5, 5.41) is 14.3. The van der Waals surface area contributed by atoms with Crippen LogP contribution in [0.4, 0.5) is 0 Å². The minimum Gasteiger partial charge on any atom is -0.497 e. The van der Waals surface area contributed by atoms with Gasteiger partial charge in [0.25, 0.3) is 0 Å². The fraction of sp³-hybridized carbons (Fsp3) is 0.375. The largest absolute Gasteiger partial charge is 0.497 e. The molecule has 3 aromatic carbocycles. The number of carbonyl (C=O) groups is 1.